The van der Waals surface area contributed by atoms with Crippen molar-refractivity contribution in [2.45, 2.75) is 48.6 Å². The second-order valence-electron chi connectivity index (χ2n) is 5.42. The number of nitrogens with zero attached hydrogens (tertiary/aromatic N) is 1. The lowest BCUT2D eigenvalue weighted by atomic mass is 9.96. The maximum atomic E-state index is 12.7. The molecular formula is C15H18N2O2S. The number of sulfone groups is 1. The van der Waals surface area contributed by atoms with Crippen molar-refractivity contribution in [3.05, 3.63) is 41.7 Å². The van der Waals surface area contributed by atoms with E-state index in [1.165, 1.54) is 25.2 Å². The number of benzene rings is 1. The predicted octanol–water partition coefficient (Wildman–Crippen LogP) is 3.21. The summed E-state index contributed by atoms with van der Waals surface area (Å²) in [5, 5.41) is 0.0283. The predicted molar refractivity (Wildman–Crippen MR) is 76.4 cm³/mol. The Kier molecular flexibility index (Phi) is 3.38. The van der Waals surface area contributed by atoms with Gasteiger partial charge in [-0.2, -0.15) is 0 Å². The van der Waals surface area contributed by atoms with Crippen LogP contribution in [-0.4, -0.2) is 18.4 Å². The van der Waals surface area contributed by atoms with Gasteiger partial charge in [0, 0.05) is 12.4 Å². The van der Waals surface area contributed by atoms with Crippen molar-refractivity contribution in [2.24, 2.45) is 0 Å². The molecule has 1 aliphatic carbocycles. The van der Waals surface area contributed by atoms with E-state index in [1.54, 1.807) is 6.07 Å². The molecule has 0 aliphatic heterocycles. The van der Waals surface area contributed by atoms with Gasteiger partial charge in [-0.15, -0.1) is 0 Å². The second-order valence-corrected chi connectivity index (χ2v) is 7.25. The molecule has 1 aromatic carbocycles. The zero-order valence-corrected chi connectivity index (χ0v) is 12.3. The first-order valence-corrected chi connectivity index (χ1v) is 8.42. The van der Waals surface area contributed by atoms with Gasteiger partial charge in [0.15, 0.2) is 0 Å². The molecule has 3 rings (SSSR count). The van der Waals surface area contributed by atoms with Crippen molar-refractivity contribution in [2.75, 3.05) is 0 Å². The normalized spacial score (nSPS) is 16.6. The molecule has 0 radical (unpaired) electrons. The van der Waals surface area contributed by atoms with Crippen LogP contribution >= 0.6 is 0 Å². The van der Waals surface area contributed by atoms with E-state index >= 15 is 0 Å². The molecule has 0 spiro atoms. The van der Waals surface area contributed by atoms with Crippen LogP contribution in [0.3, 0.4) is 0 Å². The van der Waals surface area contributed by atoms with Gasteiger partial charge < -0.3 is 4.98 Å². The van der Waals surface area contributed by atoms with Gasteiger partial charge >= 0.3 is 0 Å². The van der Waals surface area contributed by atoms with Crippen LogP contribution in [0.1, 0.15) is 42.7 Å². The summed E-state index contributed by atoms with van der Waals surface area (Å²) in [5.41, 5.74) is 2.06. The second kappa shape index (κ2) is 5.05. The van der Waals surface area contributed by atoms with Gasteiger partial charge in [0.25, 0.3) is 0 Å². The first-order chi connectivity index (χ1) is 9.59. The third-order valence-electron chi connectivity index (χ3n) is 3.98. The summed E-state index contributed by atoms with van der Waals surface area (Å²) in [4.78, 5) is 7.03. The van der Waals surface area contributed by atoms with Crippen molar-refractivity contribution >= 4 is 9.84 Å². The van der Waals surface area contributed by atoms with Crippen LogP contribution in [0.4, 0.5) is 0 Å². The lowest BCUT2D eigenvalue weighted by molar-refractivity contribution is 0.584. The zero-order chi connectivity index (χ0) is 14.2. The molecule has 1 N–H and O–H groups in total. The highest BCUT2D eigenvalue weighted by molar-refractivity contribution is 7.91. The van der Waals surface area contributed by atoms with Crippen LogP contribution in [0, 0.1) is 6.92 Å². The molecule has 0 bridgehead atoms. The Bertz CT molecular complexity index is 699. The summed E-state index contributed by atoms with van der Waals surface area (Å²) in [5.74, 6) is 0.356. The van der Waals surface area contributed by atoms with Gasteiger partial charge in [-0.05, 0) is 37.3 Å². The van der Waals surface area contributed by atoms with E-state index < -0.39 is 9.84 Å². The van der Waals surface area contributed by atoms with Gasteiger partial charge in [-0.1, -0.05) is 30.5 Å². The number of aryl methyl sites for hydroxylation is 1. The SMILES string of the molecule is Cc1ccc(S(=O)(=O)c2ncc[nH]2)c(C2CCCC2)c1. The van der Waals surface area contributed by atoms with Crippen LogP contribution < -0.4 is 0 Å². The zero-order valence-electron chi connectivity index (χ0n) is 11.5. The fourth-order valence-corrected chi connectivity index (χ4v) is 4.38. The third-order valence-corrected chi connectivity index (χ3v) is 5.66. The average Bonchev–Trinajstić information content (AvgIpc) is 3.12. The van der Waals surface area contributed by atoms with E-state index in [0.717, 1.165) is 24.0 Å². The van der Waals surface area contributed by atoms with E-state index in [-0.39, 0.29) is 5.16 Å². The van der Waals surface area contributed by atoms with Crippen molar-refractivity contribution in [1.82, 2.24) is 9.97 Å². The van der Waals surface area contributed by atoms with E-state index in [4.69, 9.17) is 0 Å². The molecule has 2 aromatic rings. The van der Waals surface area contributed by atoms with Gasteiger partial charge in [0.1, 0.15) is 0 Å². The Labute approximate surface area is 119 Å². The Balaban J connectivity index is 2.14. The minimum absolute atomic E-state index is 0.0283. The van der Waals surface area contributed by atoms with Gasteiger partial charge in [-0.3, -0.25) is 0 Å². The first kappa shape index (κ1) is 13.4. The number of hydrogen-bond donors (Lipinski definition) is 1. The lowest BCUT2D eigenvalue weighted by Gasteiger charge is -2.15. The topological polar surface area (TPSA) is 62.8 Å². The monoisotopic (exact) mass is 290 g/mol. The average molecular weight is 290 g/mol. The van der Waals surface area contributed by atoms with E-state index in [2.05, 4.69) is 9.97 Å². The molecule has 1 heterocycles. The highest BCUT2D eigenvalue weighted by Gasteiger charge is 2.28. The molecule has 106 valence electrons. The maximum absolute atomic E-state index is 12.7. The standard InChI is InChI=1S/C15H18N2O2S/c1-11-6-7-14(13(10-11)12-4-2-3-5-12)20(18,19)15-16-8-9-17-15/h6-10,12H,2-5H2,1H3,(H,16,17). The van der Waals surface area contributed by atoms with Crippen LogP contribution in [0.2, 0.25) is 0 Å². The maximum Gasteiger partial charge on any atom is 0.240 e. The summed E-state index contributed by atoms with van der Waals surface area (Å²) < 4.78 is 25.4. The molecule has 20 heavy (non-hydrogen) atoms. The summed E-state index contributed by atoms with van der Waals surface area (Å²) in [6, 6.07) is 5.60. The van der Waals surface area contributed by atoms with Gasteiger partial charge in [0.2, 0.25) is 15.0 Å². The summed E-state index contributed by atoms with van der Waals surface area (Å²) >= 11 is 0. The Morgan fingerprint density at radius 3 is 2.65 bits per heavy atom. The molecule has 1 fully saturated rings. The number of hydrogen-bond acceptors (Lipinski definition) is 3. The number of aromatic amines is 1. The minimum Gasteiger partial charge on any atom is -0.335 e. The third kappa shape index (κ3) is 2.26. The molecular weight excluding hydrogens is 272 g/mol. The number of nitrogens with one attached hydrogen (secondary N) is 1. The lowest BCUT2D eigenvalue weighted by Crippen LogP contribution is -2.09. The van der Waals surface area contributed by atoms with E-state index in [0.29, 0.717) is 10.8 Å². The number of imidazole rings is 1. The number of aromatic nitrogens is 2. The fourth-order valence-electron chi connectivity index (χ4n) is 2.97. The smallest absolute Gasteiger partial charge is 0.240 e. The molecule has 0 atom stereocenters. The highest BCUT2D eigenvalue weighted by Crippen LogP contribution is 2.38. The van der Waals surface area contributed by atoms with Crippen molar-refractivity contribution in [3.63, 3.8) is 0 Å². The van der Waals surface area contributed by atoms with Crippen molar-refractivity contribution in [3.8, 4) is 0 Å². The van der Waals surface area contributed by atoms with Crippen LogP contribution in [0.15, 0.2) is 40.6 Å². The molecule has 0 saturated heterocycles. The highest BCUT2D eigenvalue weighted by atomic mass is 32.2. The molecule has 5 heteroatoms. The molecule has 0 unspecified atom stereocenters. The summed E-state index contributed by atoms with van der Waals surface area (Å²) in [6.07, 6.45) is 7.51. The Morgan fingerprint density at radius 2 is 2.00 bits per heavy atom. The molecule has 1 aliphatic rings. The largest absolute Gasteiger partial charge is 0.335 e. The molecule has 0 amide bonds. The first-order valence-electron chi connectivity index (χ1n) is 6.94. The van der Waals surface area contributed by atoms with Crippen LogP contribution in [-0.2, 0) is 9.84 Å². The van der Waals surface area contributed by atoms with Crippen LogP contribution in [0.25, 0.3) is 0 Å². The number of H-pyrrole nitrogens is 1. The summed E-state index contributed by atoms with van der Waals surface area (Å²) in [6.45, 7) is 2.00. The van der Waals surface area contributed by atoms with Gasteiger partial charge in [0.05, 0.1) is 4.90 Å². The van der Waals surface area contributed by atoms with Crippen LogP contribution in [0.5, 0.6) is 0 Å². The minimum atomic E-state index is -3.55. The molecule has 1 saturated carbocycles. The van der Waals surface area contributed by atoms with Crippen molar-refractivity contribution in [1.29, 1.82) is 0 Å². The fraction of sp³-hybridized carbons (Fsp3) is 0.400. The quantitative estimate of drug-likeness (QED) is 0.944. The van der Waals surface area contributed by atoms with Crippen molar-refractivity contribution < 1.29 is 8.42 Å². The molecule has 1 aromatic heterocycles. The Morgan fingerprint density at radius 1 is 1.25 bits per heavy atom. The molecule has 4 nitrogen and oxygen atoms in total. The van der Waals surface area contributed by atoms with E-state index in [1.807, 2.05) is 19.1 Å². The summed E-state index contributed by atoms with van der Waals surface area (Å²) in [7, 11) is -3.55. The number of rotatable bonds is 3. The van der Waals surface area contributed by atoms with Gasteiger partial charge in [-0.25, -0.2) is 13.4 Å². The Hall–Kier alpha value is -1.62. The van der Waals surface area contributed by atoms with E-state index in [9.17, 15) is 8.42 Å².